The smallest absolute Gasteiger partial charge is 0.187 e. The Bertz CT molecular complexity index is 582. The number of anilines is 2. The van der Waals surface area contributed by atoms with Crippen molar-refractivity contribution in [2.75, 3.05) is 24.2 Å². The summed E-state index contributed by atoms with van der Waals surface area (Å²) in [6, 6.07) is 0. The van der Waals surface area contributed by atoms with Gasteiger partial charge in [0.15, 0.2) is 15.7 Å². The van der Waals surface area contributed by atoms with Crippen LogP contribution in [-0.2, 0) is 9.84 Å². The molecule has 0 radical (unpaired) electrons. The zero-order valence-corrected chi connectivity index (χ0v) is 14.1. The number of hydrogen-bond acceptors (Lipinski definition) is 7. The average molecular weight is 333 g/mol. The topological polar surface area (TPSA) is 105 Å². The zero-order valence-electron chi connectivity index (χ0n) is 12.4. The Hall–Kier alpha value is -0.860. The van der Waals surface area contributed by atoms with Crippen LogP contribution in [0.2, 0.25) is 0 Å². The number of aliphatic hydroxyl groups excluding tert-OH is 1. The van der Waals surface area contributed by atoms with Crippen molar-refractivity contribution < 1.29 is 13.5 Å². The van der Waals surface area contributed by atoms with Gasteiger partial charge in [-0.25, -0.2) is 8.42 Å². The summed E-state index contributed by atoms with van der Waals surface area (Å²) < 4.78 is 28.8. The summed E-state index contributed by atoms with van der Waals surface area (Å²) in [5.41, 5.74) is 5.51. The van der Waals surface area contributed by atoms with Crippen LogP contribution < -0.4 is 11.1 Å². The third-order valence-electron chi connectivity index (χ3n) is 4.38. The van der Waals surface area contributed by atoms with Gasteiger partial charge in [0.05, 0.1) is 11.9 Å². The van der Waals surface area contributed by atoms with Crippen molar-refractivity contribution in [3.8, 4) is 0 Å². The lowest BCUT2D eigenvalue weighted by Gasteiger charge is -2.29. The van der Waals surface area contributed by atoms with Crippen LogP contribution in [0.4, 0.5) is 10.8 Å². The lowest BCUT2D eigenvalue weighted by molar-refractivity contribution is 0.127. The fraction of sp³-hybridized carbons (Fsp3) is 0.769. The van der Waals surface area contributed by atoms with Crippen LogP contribution in [-0.4, -0.2) is 36.3 Å². The first-order valence-electron chi connectivity index (χ1n) is 7.24. The van der Waals surface area contributed by atoms with Crippen LogP contribution in [0.1, 0.15) is 39.5 Å². The van der Waals surface area contributed by atoms with Gasteiger partial charge < -0.3 is 16.2 Å². The van der Waals surface area contributed by atoms with Crippen molar-refractivity contribution >= 4 is 32.2 Å². The molecule has 0 bridgehead atoms. The maximum Gasteiger partial charge on any atom is 0.187 e. The molecule has 1 saturated carbocycles. The summed E-state index contributed by atoms with van der Waals surface area (Å²) in [7, 11) is -3.37. The number of rotatable bonds is 8. The molecule has 1 heterocycles. The molecule has 0 unspecified atom stereocenters. The Morgan fingerprint density at radius 2 is 2.05 bits per heavy atom. The SMILES string of the molecule is CCC(CC)(CO)CNc1snc(N)c1S(=O)(=O)C1CC1. The summed E-state index contributed by atoms with van der Waals surface area (Å²) in [4.78, 5) is 0.147. The zero-order chi connectivity index (χ0) is 15.7. The largest absolute Gasteiger partial charge is 0.396 e. The van der Waals surface area contributed by atoms with E-state index in [1.165, 1.54) is 0 Å². The molecule has 0 aromatic carbocycles. The number of aromatic nitrogens is 1. The van der Waals surface area contributed by atoms with E-state index in [0.717, 1.165) is 24.4 Å². The lowest BCUT2D eigenvalue weighted by Crippen LogP contribution is -2.32. The monoisotopic (exact) mass is 333 g/mol. The minimum atomic E-state index is -3.37. The van der Waals surface area contributed by atoms with Crippen LogP contribution in [0.25, 0.3) is 0 Å². The van der Waals surface area contributed by atoms with Crippen LogP contribution in [0, 0.1) is 5.41 Å². The second-order valence-electron chi connectivity index (χ2n) is 5.69. The minimum Gasteiger partial charge on any atom is -0.396 e. The van der Waals surface area contributed by atoms with Gasteiger partial charge in [-0.1, -0.05) is 13.8 Å². The van der Waals surface area contributed by atoms with Crippen molar-refractivity contribution in [2.45, 2.75) is 49.7 Å². The molecule has 1 fully saturated rings. The van der Waals surface area contributed by atoms with Crippen molar-refractivity contribution in [2.24, 2.45) is 5.41 Å². The molecule has 0 amide bonds. The van der Waals surface area contributed by atoms with E-state index < -0.39 is 9.84 Å². The normalized spacial score (nSPS) is 16.1. The Balaban J connectivity index is 2.22. The first-order valence-corrected chi connectivity index (χ1v) is 9.56. The first kappa shape index (κ1) is 16.5. The standard InChI is InChI=1S/C13H23N3O3S2/c1-3-13(4-2,8-17)7-15-12-10(11(14)16-20-12)21(18,19)9-5-6-9/h9,15,17H,3-8H2,1-2H3,(H2,14,16). The van der Waals surface area contributed by atoms with Gasteiger partial charge in [0.1, 0.15) is 9.90 Å². The molecule has 0 saturated heterocycles. The number of hydrogen-bond donors (Lipinski definition) is 3. The fourth-order valence-electron chi connectivity index (χ4n) is 2.27. The molecule has 6 nitrogen and oxygen atoms in total. The number of nitrogens with one attached hydrogen (secondary N) is 1. The summed E-state index contributed by atoms with van der Waals surface area (Å²) in [6.07, 6.45) is 3.01. The predicted molar refractivity (Wildman–Crippen MR) is 85.3 cm³/mol. The number of sulfone groups is 1. The van der Waals surface area contributed by atoms with E-state index in [1.807, 2.05) is 13.8 Å². The van der Waals surface area contributed by atoms with E-state index in [2.05, 4.69) is 9.69 Å². The third kappa shape index (κ3) is 3.17. The second kappa shape index (κ2) is 6.10. The molecular weight excluding hydrogens is 310 g/mol. The van der Waals surface area contributed by atoms with Gasteiger partial charge in [0.2, 0.25) is 0 Å². The minimum absolute atomic E-state index is 0.0615. The Kier molecular flexibility index (Phi) is 4.79. The molecule has 2 rings (SSSR count). The molecule has 1 aliphatic rings. The van der Waals surface area contributed by atoms with E-state index in [9.17, 15) is 13.5 Å². The molecule has 1 aromatic heterocycles. The predicted octanol–water partition coefficient (Wildman–Crippen LogP) is 1.87. The van der Waals surface area contributed by atoms with E-state index in [1.54, 1.807) is 0 Å². The highest BCUT2D eigenvalue weighted by molar-refractivity contribution is 7.92. The van der Waals surface area contributed by atoms with E-state index >= 15 is 0 Å². The summed E-state index contributed by atoms with van der Waals surface area (Å²) in [6.45, 7) is 4.60. The van der Waals surface area contributed by atoms with Gasteiger partial charge in [-0.05, 0) is 37.2 Å². The fourth-order valence-corrected chi connectivity index (χ4v) is 5.15. The van der Waals surface area contributed by atoms with Gasteiger partial charge in [0, 0.05) is 12.0 Å². The highest BCUT2D eigenvalue weighted by atomic mass is 32.2. The molecule has 0 aliphatic heterocycles. The highest BCUT2D eigenvalue weighted by Gasteiger charge is 2.41. The Labute approximate surface area is 129 Å². The molecule has 1 aromatic rings. The number of nitrogens with zero attached hydrogens (tertiary/aromatic N) is 1. The summed E-state index contributed by atoms with van der Waals surface area (Å²) in [5, 5.41) is 12.9. The molecule has 0 atom stereocenters. The molecule has 0 spiro atoms. The first-order chi connectivity index (χ1) is 9.90. The third-order valence-corrected chi connectivity index (χ3v) is 7.66. The van der Waals surface area contributed by atoms with Gasteiger partial charge in [-0.3, -0.25) is 0 Å². The number of nitrogens with two attached hydrogens (primary N) is 1. The summed E-state index contributed by atoms with van der Waals surface area (Å²) >= 11 is 1.07. The molecule has 21 heavy (non-hydrogen) atoms. The summed E-state index contributed by atoms with van der Waals surface area (Å²) in [5.74, 6) is 0.0806. The van der Waals surface area contributed by atoms with Crippen LogP contribution in [0.3, 0.4) is 0 Å². The molecule has 8 heteroatoms. The van der Waals surface area contributed by atoms with Gasteiger partial charge in [0.25, 0.3) is 0 Å². The van der Waals surface area contributed by atoms with Gasteiger partial charge in [-0.15, -0.1) is 0 Å². The van der Waals surface area contributed by atoms with Gasteiger partial charge >= 0.3 is 0 Å². The Morgan fingerprint density at radius 1 is 1.43 bits per heavy atom. The molecule has 120 valence electrons. The number of aliphatic hydroxyl groups is 1. The van der Waals surface area contributed by atoms with Crippen molar-refractivity contribution in [1.82, 2.24) is 4.37 Å². The maximum absolute atomic E-state index is 12.4. The maximum atomic E-state index is 12.4. The van der Waals surface area contributed by atoms with E-state index in [0.29, 0.717) is 24.4 Å². The van der Waals surface area contributed by atoms with Crippen molar-refractivity contribution in [1.29, 1.82) is 0 Å². The second-order valence-corrected chi connectivity index (χ2v) is 8.63. The Morgan fingerprint density at radius 3 is 2.52 bits per heavy atom. The highest BCUT2D eigenvalue weighted by Crippen LogP contribution is 2.41. The van der Waals surface area contributed by atoms with Crippen molar-refractivity contribution in [3.05, 3.63) is 0 Å². The van der Waals surface area contributed by atoms with Crippen LogP contribution >= 0.6 is 11.5 Å². The van der Waals surface area contributed by atoms with E-state index in [-0.39, 0.29) is 28.0 Å². The van der Waals surface area contributed by atoms with Crippen LogP contribution in [0.15, 0.2) is 4.90 Å². The molecular formula is C13H23N3O3S2. The molecule has 1 aliphatic carbocycles. The number of nitrogen functional groups attached to an aromatic ring is 1. The van der Waals surface area contributed by atoms with E-state index in [4.69, 9.17) is 5.73 Å². The van der Waals surface area contributed by atoms with Crippen LogP contribution in [0.5, 0.6) is 0 Å². The molecule has 4 N–H and O–H groups in total. The van der Waals surface area contributed by atoms with Crippen molar-refractivity contribution in [3.63, 3.8) is 0 Å². The lowest BCUT2D eigenvalue weighted by atomic mass is 9.83. The average Bonchev–Trinajstić information content (AvgIpc) is 3.26. The van der Waals surface area contributed by atoms with Gasteiger partial charge in [-0.2, -0.15) is 4.37 Å². The quantitative estimate of drug-likeness (QED) is 0.671.